The SMILES string of the molecule is [NH3+][C@H]1CCCC[C@H]1N(C(=O)c1ccc(Cl)cc1Cl)c1cc(-c2ccccc2)sc1C(=O)O. The normalized spacial score (nSPS) is 18.3. The van der Waals surface area contributed by atoms with Gasteiger partial charge in [0.2, 0.25) is 0 Å². The first-order chi connectivity index (χ1) is 15.4. The third-order valence-electron chi connectivity index (χ3n) is 5.81. The number of quaternary nitrogens is 1. The Labute approximate surface area is 200 Å². The summed E-state index contributed by atoms with van der Waals surface area (Å²) in [5, 5.41) is 10.7. The molecule has 0 unspecified atom stereocenters. The van der Waals surface area contributed by atoms with E-state index in [1.165, 1.54) is 17.4 Å². The van der Waals surface area contributed by atoms with Gasteiger partial charge in [-0.05, 0) is 42.7 Å². The number of carboxylic acids is 1. The highest BCUT2D eigenvalue weighted by Crippen LogP contribution is 2.40. The highest BCUT2D eigenvalue weighted by molar-refractivity contribution is 7.18. The van der Waals surface area contributed by atoms with E-state index in [-0.39, 0.29) is 33.5 Å². The van der Waals surface area contributed by atoms with Gasteiger partial charge in [-0.15, -0.1) is 11.3 Å². The summed E-state index contributed by atoms with van der Waals surface area (Å²) >= 11 is 13.6. The second-order valence-corrected chi connectivity index (χ2v) is 9.80. The Morgan fingerprint density at radius 1 is 1.03 bits per heavy atom. The number of nitrogens with zero attached hydrogens (tertiary/aromatic N) is 1. The van der Waals surface area contributed by atoms with Crippen LogP contribution in [0.2, 0.25) is 10.0 Å². The van der Waals surface area contributed by atoms with E-state index in [4.69, 9.17) is 23.2 Å². The number of carbonyl (C=O) groups is 2. The molecule has 0 saturated heterocycles. The van der Waals surface area contributed by atoms with Gasteiger partial charge in [0, 0.05) is 16.3 Å². The molecule has 1 aliphatic carbocycles. The Hall–Kier alpha value is -2.38. The third-order valence-corrected chi connectivity index (χ3v) is 7.51. The molecule has 0 spiro atoms. The molecular weight excluding hydrogens is 467 g/mol. The molecule has 0 aliphatic heterocycles. The molecule has 1 fully saturated rings. The van der Waals surface area contributed by atoms with E-state index < -0.39 is 5.97 Å². The smallest absolute Gasteiger partial charge is 0.348 e. The van der Waals surface area contributed by atoms with Gasteiger partial charge in [-0.1, -0.05) is 60.0 Å². The van der Waals surface area contributed by atoms with Gasteiger partial charge in [-0.2, -0.15) is 0 Å². The van der Waals surface area contributed by atoms with Crippen LogP contribution >= 0.6 is 34.5 Å². The van der Waals surface area contributed by atoms with Crippen molar-refractivity contribution in [1.29, 1.82) is 0 Å². The zero-order chi connectivity index (χ0) is 22.8. The molecule has 166 valence electrons. The van der Waals surface area contributed by atoms with Crippen LogP contribution in [0.15, 0.2) is 54.6 Å². The summed E-state index contributed by atoms with van der Waals surface area (Å²) in [6.45, 7) is 0. The third kappa shape index (κ3) is 4.55. The van der Waals surface area contributed by atoms with Crippen LogP contribution in [0.1, 0.15) is 45.7 Å². The molecule has 2 aromatic carbocycles. The zero-order valence-electron chi connectivity index (χ0n) is 17.3. The molecule has 4 N–H and O–H groups in total. The number of hydrogen-bond donors (Lipinski definition) is 2. The zero-order valence-corrected chi connectivity index (χ0v) is 19.6. The van der Waals surface area contributed by atoms with Gasteiger partial charge in [0.05, 0.1) is 22.3 Å². The Kier molecular flexibility index (Phi) is 6.86. The molecule has 8 heteroatoms. The van der Waals surface area contributed by atoms with E-state index in [1.54, 1.807) is 23.1 Å². The van der Waals surface area contributed by atoms with E-state index in [9.17, 15) is 14.7 Å². The summed E-state index contributed by atoms with van der Waals surface area (Å²) in [4.78, 5) is 28.6. The molecule has 1 aromatic heterocycles. The van der Waals surface area contributed by atoms with Crippen molar-refractivity contribution in [3.63, 3.8) is 0 Å². The minimum Gasteiger partial charge on any atom is -0.477 e. The first-order valence-electron chi connectivity index (χ1n) is 10.4. The number of carboxylic acid groups (broad SMARTS) is 1. The largest absolute Gasteiger partial charge is 0.477 e. The average molecular weight is 490 g/mol. The summed E-state index contributed by atoms with van der Waals surface area (Å²) in [7, 11) is 0. The van der Waals surface area contributed by atoms with Gasteiger partial charge in [0.25, 0.3) is 5.91 Å². The quantitative estimate of drug-likeness (QED) is 0.487. The number of amides is 1. The number of thiophene rings is 1. The highest BCUT2D eigenvalue weighted by atomic mass is 35.5. The second kappa shape index (κ2) is 9.63. The van der Waals surface area contributed by atoms with Gasteiger partial charge in [0.15, 0.2) is 0 Å². The number of rotatable bonds is 5. The molecule has 2 atom stereocenters. The molecule has 1 aliphatic rings. The Balaban J connectivity index is 1.87. The molecular formula is C24H23Cl2N2O3S+. The van der Waals surface area contributed by atoms with E-state index in [0.717, 1.165) is 36.1 Å². The summed E-state index contributed by atoms with van der Waals surface area (Å²) in [5.74, 6) is -1.41. The fourth-order valence-corrected chi connectivity index (χ4v) is 5.70. The molecule has 5 nitrogen and oxygen atoms in total. The lowest BCUT2D eigenvalue weighted by molar-refractivity contribution is -0.428. The van der Waals surface area contributed by atoms with Gasteiger partial charge in [-0.3, -0.25) is 9.69 Å². The number of benzene rings is 2. The van der Waals surface area contributed by atoms with Gasteiger partial charge < -0.3 is 10.8 Å². The van der Waals surface area contributed by atoms with Gasteiger partial charge >= 0.3 is 5.97 Å². The first-order valence-corrected chi connectivity index (χ1v) is 12.0. The van der Waals surface area contributed by atoms with Crippen molar-refractivity contribution < 1.29 is 20.4 Å². The topological polar surface area (TPSA) is 85.3 Å². The summed E-state index contributed by atoms with van der Waals surface area (Å²) in [6.07, 6.45) is 3.62. The minimum absolute atomic E-state index is 0.0134. The van der Waals surface area contributed by atoms with Crippen molar-refractivity contribution in [2.24, 2.45) is 0 Å². The number of anilines is 1. The fraction of sp³-hybridized carbons (Fsp3) is 0.250. The molecule has 0 bridgehead atoms. The Morgan fingerprint density at radius 3 is 2.41 bits per heavy atom. The van der Waals surface area contributed by atoms with E-state index in [0.29, 0.717) is 10.7 Å². The maximum atomic E-state index is 13.8. The Morgan fingerprint density at radius 2 is 1.75 bits per heavy atom. The molecule has 4 rings (SSSR count). The van der Waals surface area contributed by atoms with Gasteiger partial charge in [0.1, 0.15) is 10.9 Å². The number of halogens is 2. The predicted octanol–water partition coefficient (Wildman–Crippen LogP) is 5.62. The van der Waals surface area contributed by atoms with Crippen molar-refractivity contribution in [3.8, 4) is 10.4 Å². The summed E-state index contributed by atoms with van der Waals surface area (Å²) < 4.78 is 0. The highest BCUT2D eigenvalue weighted by Gasteiger charge is 2.38. The first kappa shape index (κ1) is 22.8. The second-order valence-electron chi connectivity index (χ2n) is 7.91. The average Bonchev–Trinajstić information content (AvgIpc) is 3.21. The van der Waals surface area contributed by atoms with E-state index in [1.807, 2.05) is 30.3 Å². The van der Waals surface area contributed by atoms with Crippen LogP contribution in [0.25, 0.3) is 10.4 Å². The summed E-state index contributed by atoms with van der Waals surface area (Å²) in [6, 6.07) is 15.8. The van der Waals surface area contributed by atoms with Crippen molar-refractivity contribution in [2.45, 2.75) is 37.8 Å². The minimum atomic E-state index is -1.07. The van der Waals surface area contributed by atoms with Crippen LogP contribution in [0.3, 0.4) is 0 Å². The molecule has 1 amide bonds. The van der Waals surface area contributed by atoms with Crippen molar-refractivity contribution in [1.82, 2.24) is 0 Å². The fourth-order valence-electron chi connectivity index (χ4n) is 4.22. The maximum Gasteiger partial charge on any atom is 0.348 e. The predicted molar refractivity (Wildman–Crippen MR) is 129 cm³/mol. The standard InChI is InChI=1S/C24H22Cl2N2O3S/c25-15-10-11-16(17(26)12-15)23(29)28(19-9-5-4-8-18(19)27)20-13-21(32-22(20)24(30)31)14-6-2-1-3-7-14/h1-3,6-7,10-13,18-19H,4-5,8-9,27H2,(H,30,31)/p+1/t18-,19+/m0/s1. The lowest BCUT2D eigenvalue weighted by Gasteiger charge is -2.36. The lowest BCUT2D eigenvalue weighted by Crippen LogP contribution is -2.71. The van der Waals surface area contributed by atoms with Crippen LogP contribution in [0, 0.1) is 0 Å². The number of carbonyl (C=O) groups excluding carboxylic acids is 1. The van der Waals surface area contributed by atoms with Gasteiger partial charge in [-0.25, -0.2) is 4.79 Å². The maximum absolute atomic E-state index is 13.8. The molecule has 1 heterocycles. The lowest BCUT2D eigenvalue weighted by atomic mass is 9.89. The number of aromatic carboxylic acids is 1. The Bertz CT molecular complexity index is 1150. The van der Waals surface area contributed by atoms with Crippen molar-refractivity contribution in [2.75, 3.05) is 4.90 Å². The molecule has 32 heavy (non-hydrogen) atoms. The van der Waals surface area contributed by atoms with Crippen molar-refractivity contribution >= 4 is 52.1 Å². The molecule has 0 radical (unpaired) electrons. The van der Waals surface area contributed by atoms with Crippen LogP contribution < -0.4 is 10.6 Å². The summed E-state index contributed by atoms with van der Waals surface area (Å²) in [5.41, 5.74) is 5.86. The monoisotopic (exact) mass is 489 g/mol. The van der Waals surface area contributed by atoms with Crippen LogP contribution in [0.4, 0.5) is 5.69 Å². The van der Waals surface area contributed by atoms with E-state index >= 15 is 0 Å². The molecule has 3 aromatic rings. The van der Waals surface area contributed by atoms with Crippen LogP contribution in [-0.4, -0.2) is 29.1 Å². The van der Waals surface area contributed by atoms with E-state index in [2.05, 4.69) is 5.73 Å². The number of hydrogen-bond acceptors (Lipinski definition) is 3. The van der Waals surface area contributed by atoms with Crippen LogP contribution in [0.5, 0.6) is 0 Å². The molecule has 1 saturated carbocycles. The van der Waals surface area contributed by atoms with Crippen LogP contribution in [-0.2, 0) is 0 Å². The van der Waals surface area contributed by atoms with Crippen molar-refractivity contribution in [3.05, 3.63) is 75.1 Å².